The molecule has 1 aliphatic carbocycles. The van der Waals surface area contributed by atoms with Gasteiger partial charge in [-0.05, 0) is 17.7 Å². The predicted molar refractivity (Wildman–Crippen MR) is 68.9 cm³/mol. The summed E-state index contributed by atoms with van der Waals surface area (Å²) in [6.45, 7) is 0. The van der Waals surface area contributed by atoms with Crippen LogP contribution < -0.4 is 4.74 Å². The van der Waals surface area contributed by atoms with Gasteiger partial charge in [-0.25, -0.2) is 4.79 Å². The van der Waals surface area contributed by atoms with Crippen molar-refractivity contribution in [2.75, 3.05) is 7.11 Å². The van der Waals surface area contributed by atoms with Crippen LogP contribution in [-0.2, 0) is 4.79 Å². The highest BCUT2D eigenvalue weighted by Crippen LogP contribution is 2.45. The highest BCUT2D eigenvalue weighted by molar-refractivity contribution is 5.81. The first kappa shape index (κ1) is 14.2. The van der Waals surface area contributed by atoms with Crippen LogP contribution in [0, 0.1) is 5.92 Å². The van der Waals surface area contributed by atoms with Gasteiger partial charge in [-0.3, -0.25) is 0 Å². The summed E-state index contributed by atoms with van der Waals surface area (Å²) in [4.78, 5) is 10.8. The molecule has 1 aromatic carbocycles. The fourth-order valence-electron chi connectivity index (χ4n) is 2.19. The number of methoxy groups -OCH3 is 1. The number of ether oxygens (including phenoxy) is 1. The summed E-state index contributed by atoms with van der Waals surface area (Å²) in [5, 5.41) is 0. The zero-order valence-electron chi connectivity index (χ0n) is 10.6. The van der Waals surface area contributed by atoms with Crippen LogP contribution in [0.3, 0.4) is 0 Å². The molecule has 0 aliphatic heterocycles. The van der Waals surface area contributed by atoms with E-state index in [0.29, 0.717) is 11.3 Å². The Hall–Kier alpha value is -2.26. The summed E-state index contributed by atoms with van der Waals surface area (Å²) in [5.74, 6) is -0.282. The van der Waals surface area contributed by atoms with Crippen molar-refractivity contribution in [2.24, 2.45) is 5.92 Å². The Balaban J connectivity index is 2.61. The Bertz CT molecular complexity index is 620. The van der Waals surface area contributed by atoms with Gasteiger partial charge in [-0.15, -0.1) is 0 Å². The molecule has 20 heavy (non-hydrogen) atoms. The lowest BCUT2D eigenvalue weighted by molar-refractivity contribution is -0.147. The minimum atomic E-state index is -4.57. The molecule has 0 N–H and O–H groups in total. The van der Waals surface area contributed by atoms with Crippen LogP contribution >= 0.6 is 0 Å². The minimum Gasteiger partial charge on any atom is -0.496 e. The maximum absolute atomic E-state index is 13.2. The van der Waals surface area contributed by atoms with Gasteiger partial charge < -0.3 is 4.74 Å². The largest absolute Gasteiger partial charge is 0.496 e. The molecule has 0 spiro atoms. The van der Waals surface area contributed by atoms with Crippen molar-refractivity contribution < 1.29 is 22.7 Å². The third-order valence-corrected chi connectivity index (χ3v) is 3.04. The van der Waals surface area contributed by atoms with E-state index in [2.05, 4.69) is 0 Å². The SMILES string of the molecule is COc1ccccc1C1=CC=CC(=C=O)C1C(F)(F)F. The van der Waals surface area contributed by atoms with Gasteiger partial charge in [-0.2, -0.15) is 13.2 Å². The highest BCUT2D eigenvalue weighted by atomic mass is 19.4. The molecule has 1 aliphatic rings. The van der Waals surface area contributed by atoms with E-state index in [1.165, 1.54) is 31.3 Å². The van der Waals surface area contributed by atoms with Crippen molar-refractivity contribution in [3.8, 4) is 5.75 Å². The highest BCUT2D eigenvalue weighted by Gasteiger charge is 2.46. The minimum absolute atomic E-state index is 0.0178. The molecular formula is C15H11F3O2. The van der Waals surface area contributed by atoms with Gasteiger partial charge in [0, 0.05) is 5.56 Å². The molecule has 5 heteroatoms. The second-order valence-electron chi connectivity index (χ2n) is 4.21. The summed E-state index contributed by atoms with van der Waals surface area (Å²) < 4.78 is 44.8. The maximum atomic E-state index is 13.2. The van der Waals surface area contributed by atoms with Crippen molar-refractivity contribution >= 4 is 11.5 Å². The van der Waals surface area contributed by atoms with Crippen LogP contribution in [-0.4, -0.2) is 19.2 Å². The van der Waals surface area contributed by atoms with Gasteiger partial charge >= 0.3 is 6.18 Å². The summed E-state index contributed by atoms with van der Waals surface area (Å²) in [7, 11) is 1.39. The standard InChI is InChI=1S/C15H11F3O2/c1-20-13-8-3-2-6-11(13)12-7-4-5-10(9-19)14(12)15(16,17)18/h2-8,14H,1H3. The van der Waals surface area contributed by atoms with Crippen molar-refractivity contribution in [1.29, 1.82) is 0 Å². The Morgan fingerprint density at radius 3 is 2.55 bits per heavy atom. The van der Waals surface area contributed by atoms with E-state index in [1.807, 2.05) is 0 Å². The van der Waals surface area contributed by atoms with Gasteiger partial charge in [0.25, 0.3) is 0 Å². The normalized spacial score (nSPS) is 18.5. The van der Waals surface area contributed by atoms with Crippen molar-refractivity contribution in [3.63, 3.8) is 0 Å². The zero-order valence-corrected chi connectivity index (χ0v) is 10.6. The Labute approximate surface area is 113 Å². The summed E-state index contributed by atoms with van der Waals surface area (Å²) in [6.07, 6.45) is -0.685. The van der Waals surface area contributed by atoms with E-state index >= 15 is 0 Å². The van der Waals surface area contributed by atoms with Crippen LogP contribution in [0.25, 0.3) is 5.57 Å². The number of allylic oxidation sites excluding steroid dienone is 5. The van der Waals surface area contributed by atoms with Crippen LogP contribution in [0.1, 0.15) is 5.56 Å². The van der Waals surface area contributed by atoms with Crippen LogP contribution in [0.2, 0.25) is 0 Å². The molecule has 104 valence electrons. The molecular weight excluding hydrogens is 269 g/mol. The van der Waals surface area contributed by atoms with E-state index in [-0.39, 0.29) is 5.57 Å². The number of benzene rings is 1. The molecule has 0 aromatic heterocycles. The Morgan fingerprint density at radius 1 is 1.25 bits per heavy atom. The molecule has 0 heterocycles. The van der Waals surface area contributed by atoms with E-state index in [9.17, 15) is 18.0 Å². The number of alkyl halides is 3. The molecule has 1 unspecified atom stereocenters. The second kappa shape index (κ2) is 5.39. The number of halogens is 3. The van der Waals surface area contributed by atoms with Crippen LogP contribution in [0.15, 0.2) is 48.1 Å². The molecule has 0 bridgehead atoms. The Kier molecular flexibility index (Phi) is 3.81. The molecule has 0 amide bonds. The molecule has 1 aromatic rings. The molecule has 2 rings (SSSR count). The molecule has 2 nitrogen and oxygen atoms in total. The second-order valence-corrected chi connectivity index (χ2v) is 4.21. The number of carbonyl (C=O) groups excluding carboxylic acids is 1. The van der Waals surface area contributed by atoms with Gasteiger partial charge in [0.1, 0.15) is 17.6 Å². The van der Waals surface area contributed by atoms with Gasteiger partial charge in [0.15, 0.2) is 0 Å². The van der Waals surface area contributed by atoms with Gasteiger partial charge in [-0.1, -0.05) is 30.4 Å². The summed E-state index contributed by atoms with van der Waals surface area (Å²) >= 11 is 0. The number of hydrogen-bond acceptors (Lipinski definition) is 2. The summed E-state index contributed by atoms with van der Waals surface area (Å²) in [6, 6.07) is 6.40. The lowest BCUT2D eigenvalue weighted by atomic mass is 9.83. The number of para-hydroxylation sites is 1. The van der Waals surface area contributed by atoms with Crippen molar-refractivity contribution in [3.05, 3.63) is 53.6 Å². The summed E-state index contributed by atoms with van der Waals surface area (Å²) in [5.41, 5.74) is -0.133. The predicted octanol–water partition coefficient (Wildman–Crippen LogP) is 3.58. The number of rotatable bonds is 2. The fourth-order valence-corrected chi connectivity index (χ4v) is 2.19. The van der Waals surface area contributed by atoms with Crippen molar-refractivity contribution in [1.82, 2.24) is 0 Å². The van der Waals surface area contributed by atoms with Crippen molar-refractivity contribution in [2.45, 2.75) is 6.18 Å². The lowest BCUT2D eigenvalue weighted by Crippen LogP contribution is -2.27. The third kappa shape index (κ3) is 2.53. The van der Waals surface area contributed by atoms with E-state index < -0.39 is 17.7 Å². The third-order valence-electron chi connectivity index (χ3n) is 3.04. The monoisotopic (exact) mass is 280 g/mol. The smallest absolute Gasteiger partial charge is 0.400 e. The average molecular weight is 280 g/mol. The lowest BCUT2D eigenvalue weighted by Gasteiger charge is -2.25. The first-order valence-corrected chi connectivity index (χ1v) is 5.82. The first-order chi connectivity index (χ1) is 9.49. The van der Waals surface area contributed by atoms with E-state index in [4.69, 9.17) is 4.74 Å². The topological polar surface area (TPSA) is 26.3 Å². The van der Waals surface area contributed by atoms with Gasteiger partial charge in [0.2, 0.25) is 0 Å². The molecule has 0 radical (unpaired) electrons. The molecule has 0 fully saturated rings. The molecule has 1 atom stereocenters. The number of hydrogen-bond donors (Lipinski definition) is 0. The Morgan fingerprint density at radius 2 is 1.95 bits per heavy atom. The average Bonchev–Trinajstić information content (AvgIpc) is 2.45. The quantitative estimate of drug-likeness (QED) is 0.774. The fraction of sp³-hybridized carbons (Fsp3) is 0.200. The van der Waals surface area contributed by atoms with Gasteiger partial charge in [0.05, 0.1) is 12.7 Å². The van der Waals surface area contributed by atoms with E-state index in [1.54, 1.807) is 18.2 Å². The van der Waals surface area contributed by atoms with Crippen LogP contribution in [0.5, 0.6) is 5.75 Å². The maximum Gasteiger partial charge on any atom is 0.400 e. The van der Waals surface area contributed by atoms with Crippen LogP contribution in [0.4, 0.5) is 13.2 Å². The first-order valence-electron chi connectivity index (χ1n) is 5.82. The molecule has 0 saturated carbocycles. The zero-order chi connectivity index (χ0) is 14.8. The van der Waals surface area contributed by atoms with E-state index in [0.717, 1.165) is 6.08 Å². The molecule has 0 saturated heterocycles.